The lowest BCUT2D eigenvalue weighted by atomic mass is 10.2. The third-order valence-corrected chi connectivity index (χ3v) is 3.17. The summed E-state index contributed by atoms with van der Waals surface area (Å²) in [5, 5.41) is 24.0. The Kier molecular flexibility index (Phi) is 3.83. The van der Waals surface area contributed by atoms with Gasteiger partial charge in [0, 0.05) is 12.3 Å². The van der Waals surface area contributed by atoms with Gasteiger partial charge < -0.3 is 9.63 Å². The molecule has 0 saturated heterocycles. The zero-order chi connectivity index (χ0) is 18.2. The number of hydrogen-bond acceptors (Lipinski definition) is 7. The van der Waals surface area contributed by atoms with E-state index >= 15 is 0 Å². The Bertz CT molecular complexity index is 938. The Morgan fingerprint density at radius 2 is 1.96 bits per heavy atom. The standard InChI is InChI=1S/C14H7F3N4O4/c15-14(16,17)7-1-4-10(18-6-7)12-19-13(25-20-12)9-3-2-8(21(23)24)5-11(9)22/h1-6,22H. The third kappa shape index (κ3) is 3.24. The number of phenolic OH excluding ortho intramolecular Hbond substituents is 1. The molecule has 0 saturated carbocycles. The normalized spacial score (nSPS) is 11.5. The van der Waals surface area contributed by atoms with Crippen molar-refractivity contribution in [1.82, 2.24) is 15.1 Å². The first-order valence-electron chi connectivity index (χ1n) is 6.61. The van der Waals surface area contributed by atoms with Gasteiger partial charge in [0.2, 0.25) is 5.82 Å². The van der Waals surface area contributed by atoms with Gasteiger partial charge in [-0.3, -0.25) is 15.1 Å². The molecule has 3 aromatic rings. The average Bonchev–Trinajstić information content (AvgIpc) is 3.03. The van der Waals surface area contributed by atoms with Crippen LogP contribution in [0.2, 0.25) is 0 Å². The highest BCUT2D eigenvalue weighted by molar-refractivity contribution is 5.66. The maximum atomic E-state index is 12.5. The second kappa shape index (κ2) is 5.85. The molecule has 25 heavy (non-hydrogen) atoms. The Hall–Kier alpha value is -3.50. The Balaban J connectivity index is 1.91. The first kappa shape index (κ1) is 16.4. The van der Waals surface area contributed by atoms with Crippen LogP contribution in [-0.4, -0.2) is 25.2 Å². The molecule has 0 aliphatic heterocycles. The van der Waals surface area contributed by atoms with Gasteiger partial charge in [0.05, 0.1) is 22.1 Å². The number of benzene rings is 1. The fourth-order valence-corrected chi connectivity index (χ4v) is 1.95. The lowest BCUT2D eigenvalue weighted by Gasteiger charge is -2.05. The van der Waals surface area contributed by atoms with Crippen LogP contribution in [0.15, 0.2) is 41.1 Å². The summed E-state index contributed by atoms with van der Waals surface area (Å²) in [6.45, 7) is 0. The highest BCUT2D eigenvalue weighted by atomic mass is 19.4. The minimum atomic E-state index is -4.52. The van der Waals surface area contributed by atoms with Gasteiger partial charge in [0.15, 0.2) is 0 Å². The van der Waals surface area contributed by atoms with E-state index in [1.807, 2.05) is 0 Å². The van der Waals surface area contributed by atoms with Crippen molar-refractivity contribution in [2.75, 3.05) is 0 Å². The van der Waals surface area contributed by atoms with Crippen molar-refractivity contribution in [3.8, 4) is 28.7 Å². The molecule has 1 N–H and O–H groups in total. The summed E-state index contributed by atoms with van der Waals surface area (Å²) >= 11 is 0. The van der Waals surface area contributed by atoms with Crippen LogP contribution in [0.5, 0.6) is 5.75 Å². The molecule has 8 nitrogen and oxygen atoms in total. The second-order valence-electron chi connectivity index (χ2n) is 4.81. The van der Waals surface area contributed by atoms with E-state index in [2.05, 4.69) is 15.1 Å². The second-order valence-corrected chi connectivity index (χ2v) is 4.81. The predicted molar refractivity (Wildman–Crippen MR) is 76.3 cm³/mol. The van der Waals surface area contributed by atoms with Gasteiger partial charge in [-0.1, -0.05) is 5.16 Å². The number of phenols is 1. The van der Waals surface area contributed by atoms with Gasteiger partial charge in [-0.15, -0.1) is 0 Å². The van der Waals surface area contributed by atoms with Gasteiger partial charge in [-0.2, -0.15) is 18.2 Å². The summed E-state index contributed by atoms with van der Waals surface area (Å²) in [6.07, 6.45) is -3.88. The average molecular weight is 352 g/mol. The molecule has 0 amide bonds. The molecule has 0 unspecified atom stereocenters. The van der Waals surface area contributed by atoms with Gasteiger partial charge in [0.25, 0.3) is 11.6 Å². The largest absolute Gasteiger partial charge is 0.507 e. The van der Waals surface area contributed by atoms with Crippen LogP contribution >= 0.6 is 0 Å². The fraction of sp³-hybridized carbons (Fsp3) is 0.0714. The van der Waals surface area contributed by atoms with Crippen LogP contribution in [0.1, 0.15) is 5.56 Å². The number of rotatable bonds is 3. The van der Waals surface area contributed by atoms with E-state index in [0.29, 0.717) is 6.20 Å². The molecule has 2 aromatic heterocycles. The molecule has 0 fully saturated rings. The van der Waals surface area contributed by atoms with Crippen molar-refractivity contribution in [2.45, 2.75) is 6.18 Å². The monoisotopic (exact) mass is 352 g/mol. The fourth-order valence-electron chi connectivity index (χ4n) is 1.95. The number of nitrogens with zero attached hydrogens (tertiary/aromatic N) is 4. The number of non-ortho nitro benzene ring substituents is 1. The van der Waals surface area contributed by atoms with Gasteiger partial charge in [0.1, 0.15) is 11.4 Å². The highest BCUT2D eigenvalue weighted by Crippen LogP contribution is 2.33. The number of pyridine rings is 1. The van der Waals surface area contributed by atoms with Crippen molar-refractivity contribution < 1.29 is 27.7 Å². The van der Waals surface area contributed by atoms with E-state index in [1.54, 1.807) is 0 Å². The van der Waals surface area contributed by atoms with Crippen LogP contribution in [0.4, 0.5) is 18.9 Å². The Labute approximate surface area is 136 Å². The summed E-state index contributed by atoms with van der Waals surface area (Å²) in [5.41, 5.74) is -1.18. The molecule has 0 aliphatic rings. The van der Waals surface area contributed by atoms with E-state index in [0.717, 1.165) is 24.3 Å². The molecule has 11 heteroatoms. The molecule has 1 aromatic carbocycles. The quantitative estimate of drug-likeness (QED) is 0.567. The van der Waals surface area contributed by atoms with Crippen LogP contribution < -0.4 is 0 Å². The molecular weight excluding hydrogens is 345 g/mol. The minimum absolute atomic E-state index is 0.0319. The topological polar surface area (TPSA) is 115 Å². The lowest BCUT2D eigenvalue weighted by Crippen LogP contribution is -2.05. The smallest absolute Gasteiger partial charge is 0.417 e. The first-order chi connectivity index (χ1) is 11.8. The molecule has 0 spiro atoms. The molecule has 0 bridgehead atoms. The number of aromatic hydroxyl groups is 1. The maximum Gasteiger partial charge on any atom is 0.417 e. The van der Waals surface area contributed by atoms with E-state index in [9.17, 15) is 28.4 Å². The number of nitro benzene ring substituents is 1. The van der Waals surface area contributed by atoms with Gasteiger partial charge in [-0.25, -0.2) is 0 Å². The lowest BCUT2D eigenvalue weighted by molar-refractivity contribution is -0.384. The van der Waals surface area contributed by atoms with E-state index in [-0.39, 0.29) is 28.7 Å². The number of nitro groups is 1. The number of hydrogen-bond donors (Lipinski definition) is 1. The SMILES string of the molecule is O=[N+]([O-])c1ccc(-c2nc(-c3ccc(C(F)(F)F)cn3)no2)c(O)c1. The van der Waals surface area contributed by atoms with Crippen LogP contribution in [0.3, 0.4) is 0 Å². The zero-order valence-corrected chi connectivity index (χ0v) is 12.1. The Morgan fingerprint density at radius 1 is 1.20 bits per heavy atom. The van der Waals surface area contributed by atoms with Crippen molar-refractivity contribution in [3.63, 3.8) is 0 Å². The molecule has 2 heterocycles. The van der Waals surface area contributed by atoms with Crippen molar-refractivity contribution in [2.24, 2.45) is 0 Å². The van der Waals surface area contributed by atoms with Crippen LogP contribution in [-0.2, 0) is 6.18 Å². The van der Waals surface area contributed by atoms with E-state index < -0.39 is 22.4 Å². The van der Waals surface area contributed by atoms with Crippen molar-refractivity contribution in [1.29, 1.82) is 0 Å². The van der Waals surface area contributed by atoms with Gasteiger partial charge >= 0.3 is 6.18 Å². The Morgan fingerprint density at radius 3 is 2.52 bits per heavy atom. The summed E-state index contributed by atoms with van der Waals surface area (Å²) in [6, 6.07) is 5.16. The molecule has 0 aliphatic carbocycles. The highest BCUT2D eigenvalue weighted by Gasteiger charge is 2.31. The van der Waals surface area contributed by atoms with Crippen LogP contribution in [0, 0.1) is 10.1 Å². The van der Waals surface area contributed by atoms with E-state index in [4.69, 9.17) is 4.52 Å². The van der Waals surface area contributed by atoms with Crippen LogP contribution in [0.25, 0.3) is 23.0 Å². The summed E-state index contributed by atoms with van der Waals surface area (Å²) in [4.78, 5) is 17.5. The third-order valence-electron chi connectivity index (χ3n) is 3.17. The molecular formula is C14H7F3N4O4. The first-order valence-corrected chi connectivity index (χ1v) is 6.61. The molecule has 0 atom stereocenters. The number of halogens is 3. The van der Waals surface area contributed by atoms with E-state index in [1.165, 1.54) is 6.07 Å². The summed E-state index contributed by atoms with van der Waals surface area (Å²) in [7, 11) is 0. The predicted octanol–water partition coefficient (Wildman–Crippen LogP) is 3.43. The summed E-state index contributed by atoms with van der Waals surface area (Å²) < 4.78 is 42.5. The number of aromatic nitrogens is 3. The zero-order valence-electron chi connectivity index (χ0n) is 12.1. The van der Waals surface area contributed by atoms with Crippen molar-refractivity contribution in [3.05, 3.63) is 52.2 Å². The summed E-state index contributed by atoms with van der Waals surface area (Å²) in [5.74, 6) is -0.713. The molecule has 0 radical (unpaired) electrons. The molecule has 3 rings (SSSR count). The maximum absolute atomic E-state index is 12.5. The minimum Gasteiger partial charge on any atom is -0.507 e. The van der Waals surface area contributed by atoms with Gasteiger partial charge in [-0.05, 0) is 18.2 Å². The molecule has 128 valence electrons. The number of alkyl halides is 3. The van der Waals surface area contributed by atoms with Crippen molar-refractivity contribution >= 4 is 5.69 Å².